The molecule has 0 amide bonds. The Morgan fingerprint density at radius 2 is 2.00 bits per heavy atom. The largest absolute Gasteiger partial charge is 0.436 e. The van der Waals surface area contributed by atoms with Crippen LogP contribution in [-0.4, -0.2) is 12.0 Å². The van der Waals surface area contributed by atoms with Crippen LogP contribution < -0.4 is 10.1 Å². The Kier molecular flexibility index (Phi) is 4.64. The van der Waals surface area contributed by atoms with Gasteiger partial charge in [-0.25, -0.2) is 4.98 Å². The van der Waals surface area contributed by atoms with Crippen molar-refractivity contribution in [2.24, 2.45) is 0 Å². The second-order valence-electron chi connectivity index (χ2n) is 4.20. The molecule has 0 saturated carbocycles. The van der Waals surface area contributed by atoms with Crippen molar-refractivity contribution in [3.8, 4) is 11.6 Å². The molecule has 0 radical (unpaired) electrons. The molecular formula is C14H14Cl2N2O. The van der Waals surface area contributed by atoms with Gasteiger partial charge in [0.25, 0.3) is 0 Å². The fourth-order valence-electron chi connectivity index (χ4n) is 1.63. The summed E-state index contributed by atoms with van der Waals surface area (Å²) in [5.41, 5.74) is 2.05. The van der Waals surface area contributed by atoms with Gasteiger partial charge in [0.1, 0.15) is 10.8 Å². The molecule has 0 aliphatic carbocycles. The number of pyridine rings is 1. The maximum absolute atomic E-state index is 6.15. The molecule has 0 saturated heterocycles. The van der Waals surface area contributed by atoms with Crippen LogP contribution in [0.5, 0.6) is 11.6 Å². The molecule has 2 rings (SSSR count). The monoisotopic (exact) mass is 296 g/mol. The Morgan fingerprint density at radius 3 is 2.68 bits per heavy atom. The predicted octanol–water partition coefficient (Wildman–Crippen LogP) is 4.21. The van der Waals surface area contributed by atoms with Crippen molar-refractivity contribution < 1.29 is 4.74 Å². The summed E-state index contributed by atoms with van der Waals surface area (Å²) in [4.78, 5) is 4.21. The number of benzene rings is 1. The molecule has 100 valence electrons. The molecule has 1 N–H and O–H groups in total. The van der Waals surface area contributed by atoms with E-state index in [1.165, 1.54) is 0 Å². The molecule has 5 heteroatoms. The minimum atomic E-state index is 0.356. The van der Waals surface area contributed by atoms with E-state index < -0.39 is 0 Å². The number of hydrogen-bond acceptors (Lipinski definition) is 3. The lowest BCUT2D eigenvalue weighted by Gasteiger charge is -2.10. The molecule has 0 aliphatic heterocycles. The van der Waals surface area contributed by atoms with Gasteiger partial charge < -0.3 is 10.1 Å². The number of halogens is 2. The molecule has 19 heavy (non-hydrogen) atoms. The van der Waals surface area contributed by atoms with Crippen LogP contribution in [-0.2, 0) is 6.54 Å². The van der Waals surface area contributed by atoms with Crippen molar-refractivity contribution >= 4 is 23.2 Å². The minimum absolute atomic E-state index is 0.356. The van der Waals surface area contributed by atoms with Gasteiger partial charge in [0.05, 0.1) is 5.02 Å². The van der Waals surface area contributed by atoms with Crippen LogP contribution >= 0.6 is 23.2 Å². The minimum Gasteiger partial charge on any atom is -0.436 e. The van der Waals surface area contributed by atoms with Crippen molar-refractivity contribution in [2.45, 2.75) is 13.5 Å². The first-order valence-corrected chi connectivity index (χ1v) is 6.59. The van der Waals surface area contributed by atoms with Crippen LogP contribution in [0.15, 0.2) is 30.5 Å². The highest BCUT2D eigenvalue weighted by molar-refractivity contribution is 6.32. The summed E-state index contributed by atoms with van der Waals surface area (Å²) in [5, 5.41) is 4.03. The number of hydrogen-bond donors (Lipinski definition) is 1. The van der Waals surface area contributed by atoms with Gasteiger partial charge in [0, 0.05) is 12.7 Å². The fourth-order valence-corrected chi connectivity index (χ4v) is 2.02. The molecule has 1 aromatic heterocycles. The summed E-state index contributed by atoms with van der Waals surface area (Å²) in [6.07, 6.45) is 1.72. The van der Waals surface area contributed by atoms with Crippen LogP contribution in [0.3, 0.4) is 0 Å². The third-order valence-electron chi connectivity index (χ3n) is 2.54. The maximum Gasteiger partial charge on any atom is 0.238 e. The first-order chi connectivity index (χ1) is 9.10. The summed E-state index contributed by atoms with van der Waals surface area (Å²) in [6.45, 7) is 2.67. The second kappa shape index (κ2) is 6.24. The number of nitrogens with one attached hydrogen (secondary N) is 1. The molecule has 1 heterocycles. The van der Waals surface area contributed by atoms with Crippen LogP contribution in [0.2, 0.25) is 10.0 Å². The van der Waals surface area contributed by atoms with Crippen molar-refractivity contribution in [1.29, 1.82) is 0 Å². The molecular weight excluding hydrogens is 283 g/mol. The third kappa shape index (κ3) is 3.60. The Bertz CT molecular complexity index is 588. The summed E-state index contributed by atoms with van der Waals surface area (Å²) in [7, 11) is 1.87. The van der Waals surface area contributed by atoms with E-state index >= 15 is 0 Å². The van der Waals surface area contributed by atoms with E-state index in [9.17, 15) is 0 Å². The lowest BCUT2D eigenvalue weighted by atomic mass is 10.2. The molecule has 0 aliphatic rings. The number of ether oxygens (including phenoxy) is 1. The Labute approximate surface area is 122 Å². The molecule has 1 aromatic carbocycles. The fraction of sp³-hybridized carbons (Fsp3) is 0.214. The van der Waals surface area contributed by atoms with E-state index in [1.807, 2.05) is 32.2 Å². The van der Waals surface area contributed by atoms with Crippen molar-refractivity contribution in [3.63, 3.8) is 0 Å². The van der Waals surface area contributed by atoms with Crippen molar-refractivity contribution in [3.05, 3.63) is 51.6 Å². The number of aryl methyl sites for hydroxylation is 1. The number of aromatic nitrogens is 1. The molecule has 0 atom stereocenters. The molecule has 0 unspecified atom stereocenters. The first-order valence-electron chi connectivity index (χ1n) is 5.83. The van der Waals surface area contributed by atoms with Gasteiger partial charge in [-0.3, -0.25) is 0 Å². The van der Waals surface area contributed by atoms with Crippen molar-refractivity contribution in [2.75, 3.05) is 7.05 Å². The van der Waals surface area contributed by atoms with Gasteiger partial charge in [-0.2, -0.15) is 0 Å². The van der Waals surface area contributed by atoms with Crippen molar-refractivity contribution in [1.82, 2.24) is 10.3 Å². The Hall–Kier alpha value is -1.29. The zero-order chi connectivity index (χ0) is 13.8. The smallest absolute Gasteiger partial charge is 0.238 e. The van der Waals surface area contributed by atoms with Crippen LogP contribution in [0.1, 0.15) is 11.1 Å². The van der Waals surface area contributed by atoms with Crippen LogP contribution in [0.25, 0.3) is 0 Å². The predicted molar refractivity (Wildman–Crippen MR) is 78.3 cm³/mol. The van der Waals surface area contributed by atoms with E-state index in [4.69, 9.17) is 27.9 Å². The first kappa shape index (κ1) is 14.1. The quantitative estimate of drug-likeness (QED) is 0.918. The average molecular weight is 297 g/mol. The van der Waals surface area contributed by atoms with E-state index in [-0.39, 0.29) is 0 Å². The Balaban J connectivity index is 2.25. The molecule has 2 aromatic rings. The Morgan fingerprint density at radius 1 is 1.21 bits per heavy atom. The van der Waals surface area contributed by atoms with Gasteiger partial charge in [-0.15, -0.1) is 0 Å². The average Bonchev–Trinajstić information content (AvgIpc) is 2.37. The van der Waals surface area contributed by atoms with Gasteiger partial charge in [0.15, 0.2) is 0 Å². The van der Waals surface area contributed by atoms with E-state index in [0.29, 0.717) is 28.2 Å². The highest BCUT2D eigenvalue weighted by Crippen LogP contribution is 2.32. The highest BCUT2D eigenvalue weighted by atomic mass is 35.5. The van der Waals surface area contributed by atoms with E-state index in [2.05, 4.69) is 10.3 Å². The standard InChI is InChI=1S/C14H14Cl2N2O/c1-9-3-4-11(15)13(5-9)19-14-12(16)6-10(7-17-2)8-18-14/h3-6,8,17H,7H2,1-2H3. The lowest BCUT2D eigenvalue weighted by Crippen LogP contribution is -2.05. The van der Waals surface area contributed by atoms with Gasteiger partial charge in [0.2, 0.25) is 5.88 Å². The van der Waals surface area contributed by atoms with Crippen LogP contribution in [0, 0.1) is 6.92 Å². The molecule has 0 fully saturated rings. The van der Waals surface area contributed by atoms with Gasteiger partial charge >= 0.3 is 0 Å². The van der Waals surface area contributed by atoms with Gasteiger partial charge in [-0.1, -0.05) is 29.3 Å². The van der Waals surface area contributed by atoms with Crippen LogP contribution in [0.4, 0.5) is 0 Å². The zero-order valence-corrected chi connectivity index (χ0v) is 12.2. The molecule has 0 bridgehead atoms. The molecule has 3 nitrogen and oxygen atoms in total. The summed E-state index contributed by atoms with van der Waals surface area (Å²) < 4.78 is 5.66. The van der Waals surface area contributed by atoms with E-state index in [1.54, 1.807) is 12.3 Å². The second-order valence-corrected chi connectivity index (χ2v) is 5.01. The number of rotatable bonds is 4. The highest BCUT2D eigenvalue weighted by Gasteiger charge is 2.09. The summed E-state index contributed by atoms with van der Waals surface area (Å²) in [6, 6.07) is 7.38. The maximum atomic E-state index is 6.15. The normalized spacial score (nSPS) is 10.5. The topological polar surface area (TPSA) is 34.2 Å². The number of nitrogens with zero attached hydrogens (tertiary/aromatic N) is 1. The van der Waals surface area contributed by atoms with E-state index in [0.717, 1.165) is 11.1 Å². The summed E-state index contributed by atoms with van der Waals surface area (Å²) in [5.74, 6) is 0.909. The third-order valence-corrected chi connectivity index (χ3v) is 3.12. The lowest BCUT2D eigenvalue weighted by molar-refractivity contribution is 0.462. The zero-order valence-electron chi connectivity index (χ0n) is 10.7. The van der Waals surface area contributed by atoms with Gasteiger partial charge in [-0.05, 0) is 43.3 Å². The SMILES string of the molecule is CNCc1cnc(Oc2cc(C)ccc2Cl)c(Cl)c1. The molecule has 0 spiro atoms. The summed E-state index contributed by atoms with van der Waals surface area (Å²) >= 11 is 12.2.